The molecule has 0 heterocycles. The Morgan fingerprint density at radius 2 is 1.83 bits per heavy atom. The van der Waals surface area contributed by atoms with Crippen LogP contribution >= 0.6 is 0 Å². The van der Waals surface area contributed by atoms with Crippen molar-refractivity contribution in [1.29, 1.82) is 0 Å². The molecule has 12 heavy (non-hydrogen) atoms. The van der Waals surface area contributed by atoms with Crippen LogP contribution in [0.3, 0.4) is 0 Å². The summed E-state index contributed by atoms with van der Waals surface area (Å²) in [6.45, 7) is 6.06. The molecule has 0 bridgehead atoms. The van der Waals surface area contributed by atoms with Gasteiger partial charge in [0.05, 0.1) is 5.75 Å². The minimum atomic E-state index is -3.81. The third-order valence-corrected chi connectivity index (χ3v) is 1.74. The van der Waals surface area contributed by atoms with Crippen molar-refractivity contribution in [2.45, 2.75) is 26.3 Å². The first-order valence-corrected chi connectivity index (χ1v) is 5.02. The van der Waals surface area contributed by atoms with E-state index >= 15 is 0 Å². The standard InChI is InChI=1S/C6H15NO3S.Na.H/c1-6(2,3)7-4-5-11(8,9)10;;/h7H,4-5H2,1-3H3,(H,8,9,10);;/q;+1;-1. The van der Waals surface area contributed by atoms with Crippen LogP contribution in [0, 0.1) is 0 Å². The quantitative estimate of drug-likeness (QED) is 0.391. The van der Waals surface area contributed by atoms with Crippen LogP contribution in [-0.2, 0) is 10.1 Å². The summed E-state index contributed by atoms with van der Waals surface area (Å²) in [6.07, 6.45) is 0. The summed E-state index contributed by atoms with van der Waals surface area (Å²) in [4.78, 5) is 0. The average Bonchev–Trinajstić information content (AvgIpc) is 1.55. The Balaban J connectivity index is -0.000000500. The molecule has 2 N–H and O–H groups in total. The zero-order valence-corrected chi connectivity index (χ0v) is 10.9. The SMILES string of the molecule is CC(C)(C)NCCS(=O)(=O)O.[H-].[Na+]. The topological polar surface area (TPSA) is 66.4 Å². The fourth-order valence-electron chi connectivity index (χ4n) is 0.555. The minimum Gasteiger partial charge on any atom is -1.00 e. The molecule has 0 aliphatic carbocycles. The van der Waals surface area contributed by atoms with Crippen LogP contribution in [0.1, 0.15) is 22.2 Å². The van der Waals surface area contributed by atoms with Gasteiger partial charge in [-0.05, 0) is 20.8 Å². The largest absolute Gasteiger partial charge is 1.00 e. The molecule has 0 saturated carbocycles. The third kappa shape index (κ3) is 13.5. The van der Waals surface area contributed by atoms with Gasteiger partial charge in [-0.1, -0.05) is 0 Å². The molecule has 0 saturated heterocycles. The van der Waals surface area contributed by atoms with Crippen LogP contribution in [0.5, 0.6) is 0 Å². The van der Waals surface area contributed by atoms with E-state index in [0.29, 0.717) is 0 Å². The number of hydrogen-bond acceptors (Lipinski definition) is 3. The molecule has 4 nitrogen and oxygen atoms in total. The molecular formula is C6H16NNaO3S. The van der Waals surface area contributed by atoms with E-state index in [2.05, 4.69) is 5.32 Å². The maximum Gasteiger partial charge on any atom is 1.00 e. The molecule has 0 aliphatic rings. The van der Waals surface area contributed by atoms with E-state index in [1.807, 2.05) is 20.8 Å². The Bertz CT molecular complexity index is 212. The first-order chi connectivity index (χ1) is 4.71. The van der Waals surface area contributed by atoms with Crippen LogP contribution in [0.15, 0.2) is 0 Å². The van der Waals surface area contributed by atoms with Gasteiger partial charge in [-0.2, -0.15) is 8.42 Å². The molecule has 0 fully saturated rings. The van der Waals surface area contributed by atoms with Gasteiger partial charge in [0.25, 0.3) is 10.1 Å². The van der Waals surface area contributed by atoms with Gasteiger partial charge in [0.1, 0.15) is 0 Å². The predicted octanol–water partition coefficient (Wildman–Crippen LogP) is -2.62. The average molecular weight is 205 g/mol. The fourth-order valence-corrected chi connectivity index (χ4v) is 0.915. The minimum absolute atomic E-state index is 0. The van der Waals surface area contributed by atoms with E-state index < -0.39 is 10.1 Å². The van der Waals surface area contributed by atoms with E-state index in [1.165, 1.54) is 0 Å². The van der Waals surface area contributed by atoms with Crippen molar-refractivity contribution in [2.24, 2.45) is 0 Å². The Kier molecular flexibility index (Phi) is 7.12. The second-order valence-electron chi connectivity index (χ2n) is 3.46. The maximum atomic E-state index is 10.2. The van der Waals surface area contributed by atoms with Crippen LogP contribution < -0.4 is 34.9 Å². The van der Waals surface area contributed by atoms with Crippen LogP contribution in [-0.4, -0.2) is 30.8 Å². The molecule has 0 aromatic carbocycles. The van der Waals surface area contributed by atoms with Gasteiger partial charge in [0.15, 0.2) is 0 Å². The van der Waals surface area contributed by atoms with Crippen molar-refractivity contribution >= 4 is 10.1 Å². The van der Waals surface area contributed by atoms with E-state index in [0.717, 1.165) is 0 Å². The summed E-state index contributed by atoms with van der Waals surface area (Å²) < 4.78 is 28.8. The zero-order valence-electron chi connectivity index (χ0n) is 9.09. The summed E-state index contributed by atoms with van der Waals surface area (Å²) in [5, 5.41) is 2.94. The van der Waals surface area contributed by atoms with E-state index in [9.17, 15) is 8.42 Å². The first kappa shape index (κ1) is 15.3. The Labute approximate surface area is 97.6 Å². The van der Waals surface area contributed by atoms with Crippen molar-refractivity contribution in [3.63, 3.8) is 0 Å². The molecule has 0 spiro atoms. The van der Waals surface area contributed by atoms with Crippen molar-refractivity contribution in [3.8, 4) is 0 Å². The van der Waals surface area contributed by atoms with E-state index in [4.69, 9.17) is 4.55 Å². The number of nitrogens with one attached hydrogen (secondary N) is 1. The van der Waals surface area contributed by atoms with Gasteiger partial charge in [0.2, 0.25) is 0 Å². The molecule has 0 aliphatic heterocycles. The van der Waals surface area contributed by atoms with Gasteiger partial charge in [-0.3, -0.25) is 4.55 Å². The zero-order chi connectivity index (χ0) is 9.12. The molecule has 0 atom stereocenters. The van der Waals surface area contributed by atoms with E-state index in [1.54, 1.807) is 0 Å². The van der Waals surface area contributed by atoms with Crippen molar-refractivity contribution in [3.05, 3.63) is 0 Å². The second-order valence-corrected chi connectivity index (χ2v) is 5.03. The second kappa shape index (κ2) is 5.57. The number of rotatable bonds is 3. The Hall–Kier alpha value is 0.870. The summed E-state index contributed by atoms with van der Waals surface area (Å²) >= 11 is 0. The van der Waals surface area contributed by atoms with Crippen LogP contribution in [0.4, 0.5) is 0 Å². The van der Waals surface area contributed by atoms with Gasteiger partial charge in [-0.15, -0.1) is 0 Å². The number of hydrogen-bond donors (Lipinski definition) is 2. The van der Waals surface area contributed by atoms with Crippen molar-refractivity contribution in [1.82, 2.24) is 5.32 Å². The molecular weight excluding hydrogens is 189 g/mol. The summed E-state index contributed by atoms with van der Waals surface area (Å²) in [7, 11) is -3.81. The normalized spacial score (nSPS) is 12.3. The fraction of sp³-hybridized carbons (Fsp3) is 1.00. The van der Waals surface area contributed by atoms with Crippen molar-refractivity contribution in [2.75, 3.05) is 12.3 Å². The Morgan fingerprint density at radius 1 is 1.42 bits per heavy atom. The van der Waals surface area contributed by atoms with Gasteiger partial charge >= 0.3 is 29.6 Å². The molecule has 0 aromatic heterocycles. The molecule has 0 aromatic rings. The molecule has 70 valence electrons. The van der Waals surface area contributed by atoms with Gasteiger partial charge in [0, 0.05) is 12.1 Å². The first-order valence-electron chi connectivity index (χ1n) is 3.41. The van der Waals surface area contributed by atoms with Crippen molar-refractivity contribution < 1.29 is 44.0 Å². The monoisotopic (exact) mass is 205 g/mol. The summed E-state index contributed by atoms with van der Waals surface area (Å²) in [5.74, 6) is -0.232. The third-order valence-electron chi connectivity index (χ3n) is 1.02. The Morgan fingerprint density at radius 3 is 2.08 bits per heavy atom. The van der Waals surface area contributed by atoms with Crippen LogP contribution in [0.25, 0.3) is 0 Å². The molecule has 0 unspecified atom stereocenters. The summed E-state index contributed by atoms with van der Waals surface area (Å²) in [6, 6.07) is 0. The van der Waals surface area contributed by atoms with E-state index in [-0.39, 0.29) is 48.8 Å². The molecule has 0 amide bonds. The predicted molar refractivity (Wildman–Crippen MR) is 45.3 cm³/mol. The maximum absolute atomic E-state index is 10.2. The van der Waals surface area contributed by atoms with Crippen LogP contribution in [0.2, 0.25) is 0 Å². The van der Waals surface area contributed by atoms with Gasteiger partial charge in [-0.25, -0.2) is 0 Å². The molecule has 0 rings (SSSR count). The molecule has 0 radical (unpaired) electrons. The molecule has 6 heteroatoms. The van der Waals surface area contributed by atoms with Gasteiger partial charge < -0.3 is 6.74 Å². The summed E-state index contributed by atoms with van der Waals surface area (Å²) in [5.41, 5.74) is -0.106. The smallest absolute Gasteiger partial charge is 1.00 e.